The Morgan fingerprint density at radius 2 is 1.53 bits per heavy atom. The van der Waals surface area contributed by atoms with Crippen molar-refractivity contribution in [1.29, 1.82) is 0 Å². The van der Waals surface area contributed by atoms with Gasteiger partial charge in [-0.05, 0) is 72.8 Å². The molecule has 0 radical (unpaired) electrons. The van der Waals surface area contributed by atoms with Crippen molar-refractivity contribution in [1.82, 2.24) is 25.2 Å². The number of amides is 5. The fourth-order valence-electron chi connectivity index (χ4n) is 7.98. The monoisotopic (exact) mass is 700 g/mol. The molecule has 270 valence electrons. The van der Waals surface area contributed by atoms with Crippen LogP contribution in [0.15, 0.2) is 35.2 Å². The molecule has 1 heterocycles. The van der Waals surface area contributed by atoms with Gasteiger partial charge in [-0.25, -0.2) is 13.2 Å². The Balaban J connectivity index is 1.33. The van der Waals surface area contributed by atoms with Crippen molar-refractivity contribution < 1.29 is 32.4 Å². The van der Waals surface area contributed by atoms with Gasteiger partial charge in [-0.1, -0.05) is 65.2 Å². The SMILES string of the molecule is CC(C)[C@@H](CN(C)S(=O)(=O)c1ccccc1)NC(=O)N[C@H](C(=O)N1C[C@H]2[C@@H]([C@H]1C(=O)NC(C(=O)C(N)=O)C1CC1)C2(C)C)C1CCCCC1. The van der Waals surface area contributed by atoms with Crippen LogP contribution in [0.4, 0.5) is 4.79 Å². The van der Waals surface area contributed by atoms with Crippen molar-refractivity contribution in [2.75, 3.05) is 20.1 Å². The van der Waals surface area contributed by atoms with Crippen molar-refractivity contribution in [2.45, 2.75) is 102 Å². The normalized spacial score (nSPS) is 25.2. The number of nitrogens with zero attached hydrogens (tertiary/aromatic N) is 2. The number of urea groups is 1. The van der Waals surface area contributed by atoms with Crippen LogP contribution in [0, 0.1) is 35.0 Å². The lowest BCUT2D eigenvalue weighted by atomic mass is 9.83. The fourth-order valence-corrected chi connectivity index (χ4v) is 9.20. The first-order chi connectivity index (χ1) is 23.0. The Bertz CT molecular complexity index is 1540. The van der Waals surface area contributed by atoms with E-state index >= 15 is 0 Å². The first kappa shape index (κ1) is 36.8. The fraction of sp³-hybridized carbons (Fsp3) is 0.686. The standard InChI is InChI=1S/C35H52N6O7S/c1-20(2)25(19-40(5)49(47,48)23-14-10-7-11-15-23)37-34(46)39-28(21-12-8-6-9-13-21)33(45)41-18-24-26(35(24,3)4)29(41)32(44)38-27(22-16-17-22)30(42)31(36)43/h7,10-11,14-15,20-22,24-29H,6,8-9,12-13,16-19H2,1-5H3,(H2,36,43)(H,38,44)(H2,37,39,46)/t24-,25+,26-,27?,28-,29-/m0/s1. The first-order valence-corrected chi connectivity index (χ1v) is 19.0. The maximum atomic E-state index is 14.5. The van der Waals surface area contributed by atoms with Crippen molar-refractivity contribution >= 4 is 39.6 Å². The van der Waals surface area contributed by atoms with Crippen molar-refractivity contribution in [2.24, 2.45) is 40.7 Å². The molecule has 5 N–H and O–H groups in total. The summed E-state index contributed by atoms with van der Waals surface area (Å²) in [4.78, 5) is 68.2. The van der Waals surface area contributed by atoms with Gasteiger partial charge in [0.15, 0.2) is 0 Å². The second-order valence-corrected chi connectivity index (χ2v) is 17.4. The summed E-state index contributed by atoms with van der Waals surface area (Å²) >= 11 is 0. The van der Waals surface area contributed by atoms with E-state index in [2.05, 4.69) is 29.8 Å². The van der Waals surface area contributed by atoms with E-state index in [1.807, 2.05) is 13.8 Å². The molecule has 3 saturated carbocycles. The number of Topliss-reactive ketones (excluding diaryl/α,β-unsaturated/α-hetero) is 1. The van der Waals surface area contributed by atoms with Crippen LogP contribution in [0.5, 0.6) is 0 Å². The summed E-state index contributed by atoms with van der Waals surface area (Å²) in [5, 5.41) is 8.66. The molecule has 13 nitrogen and oxygen atoms in total. The summed E-state index contributed by atoms with van der Waals surface area (Å²) in [6.07, 6.45) is 5.73. The number of carbonyl (C=O) groups excluding carboxylic acids is 5. The summed E-state index contributed by atoms with van der Waals surface area (Å²) in [6, 6.07) is 4.17. The number of likely N-dealkylation sites (tertiary alicyclic amines) is 1. The molecule has 1 unspecified atom stereocenters. The van der Waals surface area contributed by atoms with Crippen LogP contribution < -0.4 is 21.7 Å². The third-order valence-electron chi connectivity index (χ3n) is 11.4. The van der Waals surface area contributed by atoms with Crippen molar-refractivity contribution in [3.05, 3.63) is 30.3 Å². The summed E-state index contributed by atoms with van der Waals surface area (Å²) in [5.74, 6) is -3.25. The van der Waals surface area contributed by atoms with Crippen LogP contribution in [0.3, 0.4) is 0 Å². The quantitative estimate of drug-likeness (QED) is 0.214. The minimum absolute atomic E-state index is 0.0172. The van der Waals surface area contributed by atoms with Crippen LogP contribution in [0.2, 0.25) is 0 Å². The van der Waals surface area contributed by atoms with Gasteiger partial charge in [-0.3, -0.25) is 19.2 Å². The molecule has 4 fully saturated rings. The van der Waals surface area contributed by atoms with Gasteiger partial charge < -0.3 is 26.6 Å². The molecule has 0 bridgehead atoms. The molecule has 1 aromatic carbocycles. The van der Waals surface area contributed by atoms with Crippen LogP contribution >= 0.6 is 0 Å². The zero-order valence-electron chi connectivity index (χ0n) is 29.2. The Morgan fingerprint density at radius 1 is 0.918 bits per heavy atom. The molecule has 49 heavy (non-hydrogen) atoms. The average Bonchev–Trinajstić information content (AvgIpc) is 3.94. The summed E-state index contributed by atoms with van der Waals surface area (Å²) in [5.41, 5.74) is 5.11. The van der Waals surface area contributed by atoms with Gasteiger partial charge in [0.2, 0.25) is 27.6 Å². The average molecular weight is 701 g/mol. The summed E-state index contributed by atoms with van der Waals surface area (Å²) in [6.45, 7) is 8.25. The van der Waals surface area contributed by atoms with E-state index in [4.69, 9.17) is 5.73 Å². The van der Waals surface area contributed by atoms with E-state index in [1.165, 1.54) is 23.5 Å². The van der Waals surface area contributed by atoms with Crippen molar-refractivity contribution in [3.8, 4) is 0 Å². The Kier molecular flexibility index (Phi) is 10.8. The minimum Gasteiger partial charge on any atom is -0.363 e. The highest BCUT2D eigenvalue weighted by Crippen LogP contribution is 2.65. The number of primary amides is 1. The predicted octanol–water partition coefficient (Wildman–Crippen LogP) is 2.01. The largest absolute Gasteiger partial charge is 0.363 e. The van der Waals surface area contributed by atoms with Gasteiger partial charge >= 0.3 is 6.03 Å². The van der Waals surface area contributed by atoms with E-state index in [0.717, 1.165) is 32.1 Å². The maximum absolute atomic E-state index is 14.5. The lowest BCUT2D eigenvalue weighted by Gasteiger charge is -2.37. The number of sulfonamides is 1. The minimum atomic E-state index is -3.80. The van der Waals surface area contributed by atoms with E-state index < -0.39 is 57.8 Å². The van der Waals surface area contributed by atoms with E-state index in [9.17, 15) is 32.4 Å². The molecule has 6 atom stereocenters. The van der Waals surface area contributed by atoms with Crippen LogP contribution in [0.25, 0.3) is 0 Å². The Labute approximate surface area is 289 Å². The topological polar surface area (TPSA) is 188 Å². The lowest BCUT2D eigenvalue weighted by molar-refractivity contribution is -0.144. The molecule has 0 spiro atoms. The molecule has 3 aliphatic carbocycles. The summed E-state index contributed by atoms with van der Waals surface area (Å²) in [7, 11) is -2.32. The number of likely N-dealkylation sites (N-methyl/N-ethyl adjacent to an activating group) is 1. The van der Waals surface area contributed by atoms with E-state index in [0.29, 0.717) is 19.4 Å². The number of nitrogens with two attached hydrogens (primary N) is 1. The molecule has 5 rings (SSSR count). The van der Waals surface area contributed by atoms with Crippen LogP contribution in [-0.4, -0.2) is 91.5 Å². The number of carbonyl (C=O) groups is 5. The highest BCUT2D eigenvalue weighted by molar-refractivity contribution is 7.89. The second kappa shape index (κ2) is 14.4. The smallest absolute Gasteiger partial charge is 0.315 e. The number of fused-ring (bicyclic) bond motifs is 1. The van der Waals surface area contributed by atoms with Gasteiger partial charge in [0.25, 0.3) is 5.91 Å². The van der Waals surface area contributed by atoms with E-state index in [-0.39, 0.29) is 52.4 Å². The molecule has 4 aliphatic rings. The Hall–Kier alpha value is -3.52. The van der Waals surface area contributed by atoms with E-state index in [1.54, 1.807) is 23.1 Å². The highest BCUT2D eigenvalue weighted by atomic mass is 32.2. The third kappa shape index (κ3) is 7.79. The summed E-state index contributed by atoms with van der Waals surface area (Å²) < 4.78 is 27.6. The number of benzene rings is 1. The number of ketones is 1. The number of piperidine rings is 1. The number of nitrogens with one attached hydrogen (secondary N) is 3. The molecular weight excluding hydrogens is 648 g/mol. The number of rotatable bonds is 14. The van der Waals surface area contributed by atoms with Crippen LogP contribution in [-0.2, 0) is 29.2 Å². The molecule has 1 saturated heterocycles. The molecule has 0 aromatic heterocycles. The highest BCUT2D eigenvalue weighted by Gasteiger charge is 2.70. The van der Waals surface area contributed by atoms with Crippen LogP contribution in [0.1, 0.15) is 72.6 Å². The lowest BCUT2D eigenvalue weighted by Crippen LogP contribution is -2.61. The molecule has 1 aromatic rings. The Morgan fingerprint density at radius 3 is 2.10 bits per heavy atom. The van der Waals surface area contributed by atoms with Gasteiger partial charge in [0.05, 0.1) is 4.90 Å². The first-order valence-electron chi connectivity index (χ1n) is 17.6. The molecular formula is C35H52N6O7S. The molecule has 1 aliphatic heterocycles. The van der Waals surface area contributed by atoms with Gasteiger partial charge in [0.1, 0.15) is 18.1 Å². The zero-order valence-corrected chi connectivity index (χ0v) is 30.0. The third-order valence-corrected chi connectivity index (χ3v) is 13.2. The molecule has 14 heteroatoms. The second-order valence-electron chi connectivity index (χ2n) is 15.4. The van der Waals surface area contributed by atoms with Gasteiger partial charge in [0, 0.05) is 26.2 Å². The number of hydrogen-bond donors (Lipinski definition) is 4. The van der Waals surface area contributed by atoms with Gasteiger partial charge in [-0.15, -0.1) is 0 Å². The zero-order chi connectivity index (χ0) is 35.8. The maximum Gasteiger partial charge on any atom is 0.315 e. The van der Waals surface area contributed by atoms with Crippen molar-refractivity contribution in [3.63, 3.8) is 0 Å². The predicted molar refractivity (Wildman–Crippen MR) is 182 cm³/mol. The molecule has 5 amide bonds. The number of hydrogen-bond acceptors (Lipinski definition) is 7. The van der Waals surface area contributed by atoms with Gasteiger partial charge in [-0.2, -0.15) is 4.31 Å².